The molecule has 0 aromatic heterocycles. The van der Waals surface area contributed by atoms with E-state index in [9.17, 15) is 9.59 Å². The van der Waals surface area contributed by atoms with Crippen molar-refractivity contribution in [2.75, 3.05) is 13.1 Å². The molecule has 0 aliphatic heterocycles. The molecule has 0 spiro atoms. The molecule has 0 heterocycles. The molecule has 1 aliphatic carbocycles. The quantitative estimate of drug-likeness (QED) is 0.857. The summed E-state index contributed by atoms with van der Waals surface area (Å²) in [5.41, 5.74) is 2.18. The van der Waals surface area contributed by atoms with Gasteiger partial charge in [-0.3, -0.25) is 9.59 Å². The first kappa shape index (κ1) is 14.6. The Kier molecular flexibility index (Phi) is 4.77. The Morgan fingerprint density at radius 1 is 1.30 bits per heavy atom. The molecule has 0 bridgehead atoms. The summed E-state index contributed by atoms with van der Waals surface area (Å²) >= 11 is 0. The van der Waals surface area contributed by atoms with Gasteiger partial charge in [-0.1, -0.05) is 24.3 Å². The molecule has 0 saturated heterocycles. The molecule has 108 valence electrons. The third-order valence-corrected chi connectivity index (χ3v) is 3.68. The summed E-state index contributed by atoms with van der Waals surface area (Å²) in [7, 11) is 0. The number of hydrogen-bond donors (Lipinski definition) is 1. The maximum atomic E-state index is 11.9. The molecule has 1 saturated carbocycles. The number of carbonyl (C=O) groups excluding carboxylic acids is 2. The molecule has 4 heteroatoms. The molecule has 2 amide bonds. The molecule has 1 aliphatic rings. The zero-order valence-corrected chi connectivity index (χ0v) is 12.2. The van der Waals surface area contributed by atoms with Gasteiger partial charge in [0.1, 0.15) is 0 Å². The van der Waals surface area contributed by atoms with Crippen LogP contribution in [0.5, 0.6) is 0 Å². The van der Waals surface area contributed by atoms with Crippen LogP contribution >= 0.6 is 0 Å². The highest BCUT2D eigenvalue weighted by atomic mass is 16.2. The lowest BCUT2D eigenvalue weighted by atomic mass is 10.1. The van der Waals surface area contributed by atoms with E-state index in [0.29, 0.717) is 25.6 Å². The zero-order valence-electron chi connectivity index (χ0n) is 12.2. The molecule has 1 aromatic rings. The van der Waals surface area contributed by atoms with Crippen molar-refractivity contribution in [2.45, 2.75) is 39.2 Å². The Morgan fingerprint density at radius 2 is 2.00 bits per heavy atom. The predicted octanol–water partition coefficient (Wildman–Crippen LogP) is 1.66. The van der Waals surface area contributed by atoms with Crippen molar-refractivity contribution in [3.05, 3.63) is 35.4 Å². The summed E-state index contributed by atoms with van der Waals surface area (Å²) in [6, 6.07) is 8.30. The molecule has 2 rings (SSSR count). The van der Waals surface area contributed by atoms with E-state index in [0.717, 1.165) is 24.0 Å². The van der Waals surface area contributed by atoms with Crippen molar-refractivity contribution in [1.82, 2.24) is 10.2 Å². The molecule has 20 heavy (non-hydrogen) atoms. The van der Waals surface area contributed by atoms with Crippen LogP contribution in [0.3, 0.4) is 0 Å². The lowest BCUT2D eigenvalue weighted by Crippen LogP contribution is -2.39. The van der Waals surface area contributed by atoms with Crippen molar-refractivity contribution >= 4 is 11.8 Å². The van der Waals surface area contributed by atoms with E-state index in [2.05, 4.69) is 5.32 Å². The monoisotopic (exact) mass is 274 g/mol. The van der Waals surface area contributed by atoms with Gasteiger partial charge >= 0.3 is 0 Å². The predicted molar refractivity (Wildman–Crippen MR) is 78.3 cm³/mol. The first-order valence-electron chi connectivity index (χ1n) is 7.16. The second kappa shape index (κ2) is 6.55. The summed E-state index contributed by atoms with van der Waals surface area (Å²) in [4.78, 5) is 25.2. The van der Waals surface area contributed by atoms with Crippen molar-refractivity contribution in [1.29, 1.82) is 0 Å². The van der Waals surface area contributed by atoms with E-state index in [1.165, 1.54) is 0 Å². The van der Waals surface area contributed by atoms with Crippen LogP contribution in [0.15, 0.2) is 24.3 Å². The van der Waals surface area contributed by atoms with E-state index in [1.54, 1.807) is 6.92 Å². The molecule has 0 unspecified atom stereocenters. The average Bonchev–Trinajstić information content (AvgIpc) is 3.21. The first-order valence-corrected chi connectivity index (χ1v) is 7.16. The number of benzene rings is 1. The lowest BCUT2D eigenvalue weighted by Gasteiger charge is -2.20. The van der Waals surface area contributed by atoms with Gasteiger partial charge in [0.15, 0.2) is 0 Å². The van der Waals surface area contributed by atoms with Gasteiger partial charge in [0, 0.05) is 26.1 Å². The van der Waals surface area contributed by atoms with Crippen LogP contribution in [0.25, 0.3) is 0 Å². The number of nitrogens with zero attached hydrogens (tertiary/aromatic N) is 1. The third-order valence-electron chi connectivity index (χ3n) is 3.68. The SMILES string of the molecule is CC(=O)N(CCNC(=O)Cc1ccccc1C)C1CC1. The van der Waals surface area contributed by atoms with Crippen molar-refractivity contribution < 1.29 is 9.59 Å². The number of carbonyl (C=O) groups is 2. The average molecular weight is 274 g/mol. The number of amides is 2. The molecule has 0 radical (unpaired) electrons. The Hall–Kier alpha value is -1.84. The minimum atomic E-state index is 0.0126. The number of aryl methyl sites for hydroxylation is 1. The summed E-state index contributed by atoms with van der Waals surface area (Å²) in [5, 5.41) is 2.89. The van der Waals surface area contributed by atoms with E-state index in [4.69, 9.17) is 0 Å². The van der Waals surface area contributed by atoms with Crippen molar-refractivity contribution in [3.8, 4) is 0 Å². The van der Waals surface area contributed by atoms with E-state index in [1.807, 2.05) is 36.1 Å². The second-order valence-corrected chi connectivity index (χ2v) is 5.40. The van der Waals surface area contributed by atoms with Gasteiger partial charge in [-0.25, -0.2) is 0 Å². The Bertz CT molecular complexity index is 495. The van der Waals surface area contributed by atoms with Gasteiger partial charge < -0.3 is 10.2 Å². The summed E-state index contributed by atoms with van der Waals surface area (Å²) in [6.07, 6.45) is 2.59. The highest BCUT2D eigenvalue weighted by molar-refractivity contribution is 5.79. The third kappa shape index (κ3) is 4.08. The molecule has 1 aromatic carbocycles. The summed E-state index contributed by atoms with van der Waals surface area (Å²) in [5.74, 6) is 0.110. The maximum absolute atomic E-state index is 11.9. The van der Waals surface area contributed by atoms with Gasteiger partial charge in [0.05, 0.1) is 6.42 Å². The topological polar surface area (TPSA) is 49.4 Å². The second-order valence-electron chi connectivity index (χ2n) is 5.40. The van der Waals surface area contributed by atoms with Gasteiger partial charge in [-0.15, -0.1) is 0 Å². The largest absolute Gasteiger partial charge is 0.354 e. The fourth-order valence-electron chi connectivity index (χ4n) is 2.34. The highest BCUT2D eigenvalue weighted by Crippen LogP contribution is 2.26. The summed E-state index contributed by atoms with van der Waals surface area (Å²) in [6.45, 7) is 4.74. The van der Waals surface area contributed by atoms with Crippen molar-refractivity contribution in [2.24, 2.45) is 0 Å². The lowest BCUT2D eigenvalue weighted by molar-refractivity contribution is -0.130. The maximum Gasteiger partial charge on any atom is 0.224 e. The number of hydrogen-bond acceptors (Lipinski definition) is 2. The molecular weight excluding hydrogens is 252 g/mol. The summed E-state index contributed by atoms with van der Waals surface area (Å²) < 4.78 is 0. The van der Waals surface area contributed by atoms with Gasteiger partial charge in [0.25, 0.3) is 0 Å². The molecule has 1 N–H and O–H groups in total. The number of rotatable bonds is 6. The number of nitrogens with one attached hydrogen (secondary N) is 1. The van der Waals surface area contributed by atoms with E-state index in [-0.39, 0.29) is 11.8 Å². The minimum absolute atomic E-state index is 0.0126. The fraction of sp³-hybridized carbons (Fsp3) is 0.500. The molecule has 1 fully saturated rings. The first-order chi connectivity index (χ1) is 9.58. The van der Waals surface area contributed by atoms with Crippen LogP contribution in [0.4, 0.5) is 0 Å². The van der Waals surface area contributed by atoms with Crippen LogP contribution in [0, 0.1) is 6.92 Å². The van der Waals surface area contributed by atoms with Crippen LogP contribution in [-0.4, -0.2) is 35.8 Å². The smallest absolute Gasteiger partial charge is 0.224 e. The minimum Gasteiger partial charge on any atom is -0.354 e. The normalized spacial score (nSPS) is 13.9. The fourth-order valence-corrected chi connectivity index (χ4v) is 2.34. The van der Waals surface area contributed by atoms with Gasteiger partial charge in [-0.2, -0.15) is 0 Å². The standard InChI is InChI=1S/C16H22N2O2/c1-12-5-3-4-6-14(12)11-16(20)17-9-10-18(13(2)19)15-7-8-15/h3-6,15H,7-11H2,1-2H3,(H,17,20). The van der Waals surface area contributed by atoms with Crippen LogP contribution < -0.4 is 5.32 Å². The van der Waals surface area contributed by atoms with E-state index < -0.39 is 0 Å². The van der Waals surface area contributed by atoms with Crippen molar-refractivity contribution in [3.63, 3.8) is 0 Å². The van der Waals surface area contributed by atoms with Crippen LogP contribution in [0.2, 0.25) is 0 Å². The molecule has 0 atom stereocenters. The van der Waals surface area contributed by atoms with Gasteiger partial charge in [-0.05, 0) is 30.9 Å². The Balaban J connectivity index is 1.75. The zero-order chi connectivity index (χ0) is 14.5. The highest BCUT2D eigenvalue weighted by Gasteiger charge is 2.30. The van der Waals surface area contributed by atoms with Crippen LogP contribution in [-0.2, 0) is 16.0 Å². The van der Waals surface area contributed by atoms with Crippen LogP contribution in [0.1, 0.15) is 30.9 Å². The van der Waals surface area contributed by atoms with Gasteiger partial charge in [0.2, 0.25) is 11.8 Å². The molecular formula is C16H22N2O2. The molecule has 4 nitrogen and oxygen atoms in total. The van der Waals surface area contributed by atoms with E-state index >= 15 is 0 Å². The Morgan fingerprint density at radius 3 is 2.60 bits per heavy atom. The Labute approximate surface area is 120 Å².